The van der Waals surface area contributed by atoms with Crippen molar-refractivity contribution >= 4 is 28.5 Å². The first-order chi connectivity index (χ1) is 12.2. The van der Waals surface area contributed by atoms with Gasteiger partial charge in [0, 0.05) is 23.9 Å². The number of methoxy groups -OCH3 is 2. The number of aliphatic imine (C=N–C) groups is 1. The van der Waals surface area contributed by atoms with Crippen molar-refractivity contribution in [2.45, 2.75) is 6.42 Å². The summed E-state index contributed by atoms with van der Waals surface area (Å²) in [6, 6.07) is 14.8. The van der Waals surface area contributed by atoms with Gasteiger partial charge in [-0.05, 0) is 30.7 Å². The van der Waals surface area contributed by atoms with Gasteiger partial charge in [0.1, 0.15) is 0 Å². The van der Waals surface area contributed by atoms with E-state index in [2.05, 4.69) is 4.99 Å². The second kappa shape index (κ2) is 8.07. The van der Waals surface area contributed by atoms with E-state index in [1.165, 1.54) is 0 Å². The average molecular weight is 356 g/mol. The zero-order chi connectivity index (χ0) is 17.6. The standard InChI is InChI=1S/C19H20N2O3S/c1-23-16-10-9-15(13-17(16)24-2)20-19-21(11-6-12-25-19)18(22)14-7-4-3-5-8-14/h3-5,7-10,13H,6,11-12H2,1-2H3. The van der Waals surface area contributed by atoms with Gasteiger partial charge >= 0.3 is 0 Å². The number of hydrogen-bond donors (Lipinski definition) is 0. The summed E-state index contributed by atoms with van der Waals surface area (Å²) in [5, 5.41) is 0.715. The number of rotatable bonds is 4. The van der Waals surface area contributed by atoms with Crippen LogP contribution in [0.2, 0.25) is 0 Å². The smallest absolute Gasteiger partial charge is 0.259 e. The lowest BCUT2D eigenvalue weighted by Crippen LogP contribution is -2.39. The number of benzene rings is 2. The first-order valence-corrected chi connectivity index (χ1v) is 9.02. The number of carbonyl (C=O) groups excluding carboxylic acids is 1. The number of amidine groups is 1. The molecule has 1 saturated heterocycles. The Balaban J connectivity index is 1.90. The van der Waals surface area contributed by atoms with Crippen LogP contribution in [0.4, 0.5) is 5.69 Å². The first-order valence-electron chi connectivity index (χ1n) is 8.03. The van der Waals surface area contributed by atoms with Crippen LogP contribution >= 0.6 is 11.8 Å². The summed E-state index contributed by atoms with van der Waals surface area (Å²) in [4.78, 5) is 19.2. The summed E-state index contributed by atoms with van der Waals surface area (Å²) in [5.74, 6) is 2.20. The number of hydrogen-bond acceptors (Lipinski definition) is 5. The highest BCUT2D eigenvalue weighted by atomic mass is 32.2. The highest BCUT2D eigenvalue weighted by Crippen LogP contribution is 2.32. The minimum Gasteiger partial charge on any atom is -0.493 e. The second-order valence-corrected chi connectivity index (χ2v) is 6.52. The Hall–Kier alpha value is -2.47. The molecule has 1 amide bonds. The third kappa shape index (κ3) is 3.96. The molecule has 2 aromatic rings. The van der Waals surface area contributed by atoms with E-state index in [-0.39, 0.29) is 5.91 Å². The van der Waals surface area contributed by atoms with Gasteiger partial charge in [0.15, 0.2) is 16.7 Å². The molecule has 1 aliphatic heterocycles. The molecule has 25 heavy (non-hydrogen) atoms. The zero-order valence-corrected chi connectivity index (χ0v) is 15.1. The SMILES string of the molecule is COc1ccc(N=C2SCCCN2C(=O)c2ccccc2)cc1OC. The first kappa shape index (κ1) is 17.4. The number of carbonyl (C=O) groups is 1. The van der Waals surface area contributed by atoms with Crippen LogP contribution in [-0.4, -0.2) is 42.5 Å². The molecular weight excluding hydrogens is 336 g/mol. The van der Waals surface area contributed by atoms with Gasteiger partial charge < -0.3 is 9.47 Å². The highest BCUT2D eigenvalue weighted by Gasteiger charge is 2.24. The van der Waals surface area contributed by atoms with Crippen LogP contribution in [0.1, 0.15) is 16.8 Å². The van der Waals surface area contributed by atoms with E-state index in [9.17, 15) is 4.79 Å². The van der Waals surface area contributed by atoms with E-state index >= 15 is 0 Å². The van der Waals surface area contributed by atoms with Gasteiger partial charge in [-0.2, -0.15) is 0 Å². The Morgan fingerprint density at radius 2 is 1.84 bits per heavy atom. The lowest BCUT2D eigenvalue weighted by molar-refractivity contribution is 0.0849. The third-order valence-corrected chi connectivity index (χ3v) is 4.91. The fourth-order valence-corrected chi connectivity index (χ4v) is 3.54. The predicted molar refractivity (Wildman–Crippen MR) is 101 cm³/mol. The lowest BCUT2D eigenvalue weighted by atomic mass is 10.2. The van der Waals surface area contributed by atoms with Crippen molar-refractivity contribution in [2.24, 2.45) is 4.99 Å². The molecule has 0 unspecified atom stereocenters. The van der Waals surface area contributed by atoms with E-state index < -0.39 is 0 Å². The van der Waals surface area contributed by atoms with E-state index in [1.807, 2.05) is 48.5 Å². The van der Waals surface area contributed by atoms with Crippen LogP contribution in [-0.2, 0) is 0 Å². The largest absolute Gasteiger partial charge is 0.493 e. The van der Waals surface area contributed by atoms with E-state index in [1.54, 1.807) is 30.9 Å². The molecular formula is C19H20N2O3S. The predicted octanol–water partition coefficient (Wildman–Crippen LogP) is 3.97. The third-order valence-electron chi connectivity index (χ3n) is 3.85. The van der Waals surface area contributed by atoms with E-state index in [4.69, 9.17) is 9.47 Å². The van der Waals surface area contributed by atoms with Crippen LogP contribution in [0.25, 0.3) is 0 Å². The Bertz CT molecular complexity index is 777. The Morgan fingerprint density at radius 1 is 1.08 bits per heavy atom. The molecule has 1 heterocycles. The van der Waals surface area contributed by atoms with Crippen LogP contribution < -0.4 is 9.47 Å². The van der Waals surface area contributed by atoms with Crippen molar-refractivity contribution in [3.05, 3.63) is 54.1 Å². The number of thioether (sulfide) groups is 1. The van der Waals surface area contributed by atoms with Crippen molar-refractivity contribution in [2.75, 3.05) is 26.5 Å². The van der Waals surface area contributed by atoms with E-state index in [0.717, 1.165) is 17.9 Å². The lowest BCUT2D eigenvalue weighted by Gasteiger charge is -2.27. The van der Waals surface area contributed by atoms with Gasteiger partial charge in [0.25, 0.3) is 5.91 Å². The molecule has 1 aliphatic rings. The summed E-state index contributed by atoms with van der Waals surface area (Å²) < 4.78 is 10.6. The molecule has 2 aromatic carbocycles. The van der Waals surface area contributed by atoms with Crippen LogP contribution in [0, 0.1) is 0 Å². The van der Waals surface area contributed by atoms with Crippen molar-refractivity contribution in [3.63, 3.8) is 0 Å². The van der Waals surface area contributed by atoms with Crippen LogP contribution in [0.15, 0.2) is 53.5 Å². The highest BCUT2D eigenvalue weighted by molar-refractivity contribution is 8.13. The quantitative estimate of drug-likeness (QED) is 0.832. The molecule has 130 valence electrons. The summed E-state index contributed by atoms with van der Waals surface area (Å²) in [6.07, 6.45) is 0.953. The summed E-state index contributed by atoms with van der Waals surface area (Å²) in [6.45, 7) is 0.673. The molecule has 6 heteroatoms. The Labute approximate surface area is 151 Å². The second-order valence-electron chi connectivity index (χ2n) is 5.46. The Kier molecular flexibility index (Phi) is 5.60. The Morgan fingerprint density at radius 3 is 2.56 bits per heavy atom. The van der Waals surface area contributed by atoms with E-state index in [0.29, 0.717) is 28.8 Å². The normalized spacial score (nSPS) is 15.9. The maximum absolute atomic E-state index is 12.8. The zero-order valence-electron chi connectivity index (χ0n) is 14.3. The average Bonchev–Trinajstić information content (AvgIpc) is 2.68. The topological polar surface area (TPSA) is 51.1 Å². The molecule has 5 nitrogen and oxygen atoms in total. The monoisotopic (exact) mass is 356 g/mol. The van der Waals surface area contributed by atoms with Crippen molar-refractivity contribution < 1.29 is 14.3 Å². The molecule has 3 rings (SSSR count). The molecule has 0 atom stereocenters. The number of amides is 1. The van der Waals surface area contributed by atoms with Gasteiger partial charge in [0.2, 0.25) is 0 Å². The minimum atomic E-state index is -0.0213. The number of ether oxygens (including phenoxy) is 2. The van der Waals surface area contributed by atoms with Crippen molar-refractivity contribution in [1.29, 1.82) is 0 Å². The maximum atomic E-state index is 12.8. The molecule has 0 saturated carbocycles. The molecule has 0 radical (unpaired) electrons. The molecule has 0 bridgehead atoms. The molecule has 1 fully saturated rings. The number of nitrogens with zero attached hydrogens (tertiary/aromatic N) is 2. The summed E-state index contributed by atoms with van der Waals surface area (Å²) >= 11 is 1.60. The minimum absolute atomic E-state index is 0.0213. The van der Waals surface area contributed by atoms with Crippen molar-refractivity contribution in [1.82, 2.24) is 4.90 Å². The van der Waals surface area contributed by atoms with Gasteiger partial charge in [-0.3, -0.25) is 9.69 Å². The molecule has 0 N–H and O–H groups in total. The summed E-state index contributed by atoms with van der Waals surface area (Å²) in [7, 11) is 3.19. The van der Waals surface area contributed by atoms with Crippen molar-refractivity contribution in [3.8, 4) is 11.5 Å². The van der Waals surface area contributed by atoms with Gasteiger partial charge in [-0.1, -0.05) is 30.0 Å². The molecule has 0 spiro atoms. The molecule has 0 aliphatic carbocycles. The van der Waals surface area contributed by atoms with Gasteiger partial charge in [0.05, 0.1) is 19.9 Å². The fraction of sp³-hybridized carbons (Fsp3) is 0.263. The molecule has 0 aromatic heterocycles. The van der Waals surface area contributed by atoms with Crippen LogP contribution in [0.3, 0.4) is 0 Å². The van der Waals surface area contributed by atoms with Crippen LogP contribution in [0.5, 0.6) is 11.5 Å². The summed E-state index contributed by atoms with van der Waals surface area (Å²) in [5.41, 5.74) is 1.40. The van der Waals surface area contributed by atoms with Gasteiger partial charge in [-0.15, -0.1) is 0 Å². The maximum Gasteiger partial charge on any atom is 0.259 e. The van der Waals surface area contributed by atoms with Gasteiger partial charge in [-0.25, -0.2) is 4.99 Å². The fourth-order valence-electron chi connectivity index (χ4n) is 2.58.